The van der Waals surface area contributed by atoms with Crippen LogP contribution in [0.25, 0.3) is 5.65 Å². The molecule has 3 aromatic rings. The fourth-order valence-electron chi connectivity index (χ4n) is 3.74. The highest BCUT2D eigenvalue weighted by atomic mass is 32.1. The van der Waals surface area contributed by atoms with Crippen LogP contribution >= 0.6 is 11.3 Å². The van der Waals surface area contributed by atoms with Gasteiger partial charge in [-0.25, -0.2) is 4.98 Å². The van der Waals surface area contributed by atoms with E-state index >= 15 is 0 Å². The minimum Gasteiger partial charge on any atom is -0.335 e. The Morgan fingerprint density at radius 2 is 1.93 bits per heavy atom. The molecule has 1 saturated heterocycles. The Bertz CT molecular complexity index is 1100. The fourth-order valence-corrected chi connectivity index (χ4v) is 4.70. The molecule has 0 radical (unpaired) electrons. The summed E-state index contributed by atoms with van der Waals surface area (Å²) in [6.07, 6.45) is 2.06. The van der Waals surface area contributed by atoms with Crippen LogP contribution in [0, 0.1) is 30.9 Å². The zero-order chi connectivity index (χ0) is 20.7. The van der Waals surface area contributed by atoms with Crippen LogP contribution in [0.2, 0.25) is 0 Å². The maximum atomic E-state index is 12.8. The van der Waals surface area contributed by atoms with Gasteiger partial charge in [0, 0.05) is 45.0 Å². The molecule has 1 aliphatic heterocycles. The molecular formula is C20H23N5O3S. The average Bonchev–Trinajstić information content (AvgIpc) is 3.21. The molecule has 29 heavy (non-hydrogen) atoms. The van der Waals surface area contributed by atoms with Crippen molar-refractivity contribution in [1.82, 2.24) is 19.2 Å². The van der Waals surface area contributed by atoms with Gasteiger partial charge in [0.05, 0.1) is 26.1 Å². The summed E-state index contributed by atoms with van der Waals surface area (Å²) >= 11 is 1.20. The van der Waals surface area contributed by atoms with E-state index in [1.54, 1.807) is 11.8 Å². The molecule has 4 rings (SSSR count). The van der Waals surface area contributed by atoms with Gasteiger partial charge >= 0.3 is 0 Å². The van der Waals surface area contributed by atoms with Crippen LogP contribution in [0.1, 0.15) is 31.5 Å². The zero-order valence-corrected chi connectivity index (χ0v) is 17.5. The number of aryl methyl sites for hydroxylation is 3. The van der Waals surface area contributed by atoms with E-state index in [2.05, 4.69) is 39.5 Å². The van der Waals surface area contributed by atoms with E-state index in [-0.39, 0.29) is 11.6 Å². The number of imidazole rings is 1. The monoisotopic (exact) mass is 413 g/mol. The molecule has 0 N–H and O–H groups in total. The Hall–Kier alpha value is -2.78. The molecule has 0 bridgehead atoms. The van der Waals surface area contributed by atoms with E-state index in [0.29, 0.717) is 22.8 Å². The van der Waals surface area contributed by atoms with Crippen molar-refractivity contribution in [2.24, 2.45) is 0 Å². The van der Waals surface area contributed by atoms with Crippen molar-refractivity contribution in [3.05, 3.63) is 61.2 Å². The van der Waals surface area contributed by atoms with Crippen LogP contribution < -0.4 is 0 Å². The van der Waals surface area contributed by atoms with Crippen molar-refractivity contribution < 1.29 is 9.72 Å². The third-order valence-electron chi connectivity index (χ3n) is 5.41. The van der Waals surface area contributed by atoms with Gasteiger partial charge in [0.2, 0.25) is 0 Å². The maximum absolute atomic E-state index is 12.8. The molecule has 0 atom stereocenters. The van der Waals surface area contributed by atoms with Crippen LogP contribution in [-0.2, 0) is 6.54 Å². The largest absolute Gasteiger partial charge is 0.335 e. The molecule has 1 amide bonds. The summed E-state index contributed by atoms with van der Waals surface area (Å²) in [5.41, 5.74) is 4.36. The number of nitrogens with zero attached hydrogens (tertiary/aromatic N) is 5. The number of carbonyl (C=O) groups excluding carboxylic acids is 1. The highest BCUT2D eigenvalue weighted by molar-refractivity contribution is 7.14. The summed E-state index contributed by atoms with van der Waals surface area (Å²) in [6, 6.07) is 5.56. The molecular weight excluding hydrogens is 390 g/mol. The van der Waals surface area contributed by atoms with Crippen LogP contribution in [0.15, 0.2) is 24.4 Å². The third-order valence-corrected chi connectivity index (χ3v) is 6.44. The second-order valence-corrected chi connectivity index (χ2v) is 8.71. The maximum Gasteiger partial charge on any atom is 0.283 e. The molecule has 3 aromatic heterocycles. The topological polar surface area (TPSA) is 84.0 Å². The summed E-state index contributed by atoms with van der Waals surface area (Å²) in [6.45, 7) is 9.29. The number of thiophene rings is 1. The number of aromatic nitrogens is 2. The molecule has 9 heteroatoms. The van der Waals surface area contributed by atoms with Crippen LogP contribution in [0.3, 0.4) is 0 Å². The molecule has 0 aliphatic carbocycles. The van der Waals surface area contributed by atoms with Gasteiger partial charge in [0.25, 0.3) is 11.6 Å². The number of pyridine rings is 1. The molecule has 0 aromatic carbocycles. The summed E-state index contributed by atoms with van der Waals surface area (Å²) in [5.74, 6) is -0.118. The predicted molar refractivity (Wildman–Crippen MR) is 112 cm³/mol. The lowest BCUT2D eigenvalue weighted by molar-refractivity contribution is -0.385. The number of piperazine rings is 1. The number of hydrogen-bond donors (Lipinski definition) is 0. The van der Waals surface area contributed by atoms with Gasteiger partial charge in [-0.05, 0) is 38.5 Å². The van der Waals surface area contributed by atoms with E-state index in [1.165, 1.54) is 28.7 Å². The van der Waals surface area contributed by atoms with Gasteiger partial charge in [0.15, 0.2) is 0 Å². The van der Waals surface area contributed by atoms with Crippen LogP contribution in [0.4, 0.5) is 5.69 Å². The highest BCUT2D eigenvalue weighted by Gasteiger charge is 2.27. The summed E-state index contributed by atoms with van der Waals surface area (Å²) in [4.78, 5) is 33.1. The second-order valence-electron chi connectivity index (χ2n) is 7.45. The standard InChI is InChI=1S/C20H23N5O3S/c1-13-4-5-24-17(14(2)21-19(24)10-13)12-22-6-8-23(9-7-22)20(26)18-11-16(25(27)28)15(3)29-18/h4-5,10-11H,6-9,12H2,1-3H3. The first kappa shape index (κ1) is 19.5. The lowest BCUT2D eigenvalue weighted by Crippen LogP contribution is -2.48. The van der Waals surface area contributed by atoms with Gasteiger partial charge < -0.3 is 9.30 Å². The summed E-state index contributed by atoms with van der Waals surface area (Å²) in [5, 5.41) is 11.0. The van der Waals surface area contributed by atoms with Crippen molar-refractivity contribution in [1.29, 1.82) is 0 Å². The van der Waals surface area contributed by atoms with E-state index in [9.17, 15) is 14.9 Å². The molecule has 4 heterocycles. The fraction of sp³-hybridized carbons (Fsp3) is 0.400. The van der Waals surface area contributed by atoms with Crippen molar-refractivity contribution in [2.75, 3.05) is 26.2 Å². The highest BCUT2D eigenvalue weighted by Crippen LogP contribution is 2.29. The minimum absolute atomic E-state index is 0.0234. The molecule has 8 nitrogen and oxygen atoms in total. The van der Waals surface area contributed by atoms with Gasteiger partial charge in [-0.15, -0.1) is 11.3 Å². The number of carbonyl (C=O) groups is 1. The SMILES string of the molecule is Cc1ccn2c(CN3CCN(C(=O)c4cc([N+](=O)[O-])c(C)s4)CC3)c(C)nc2c1. The average molecular weight is 414 g/mol. The van der Waals surface area contributed by atoms with Crippen molar-refractivity contribution in [2.45, 2.75) is 27.3 Å². The van der Waals surface area contributed by atoms with Gasteiger partial charge in [0.1, 0.15) is 5.65 Å². The zero-order valence-electron chi connectivity index (χ0n) is 16.7. The molecule has 0 spiro atoms. The minimum atomic E-state index is -0.430. The third kappa shape index (κ3) is 3.75. The Morgan fingerprint density at radius 1 is 1.21 bits per heavy atom. The van der Waals surface area contributed by atoms with Crippen molar-refractivity contribution in [3.8, 4) is 0 Å². The Labute approximate surface area is 172 Å². The van der Waals surface area contributed by atoms with Crippen LogP contribution in [-0.4, -0.2) is 56.2 Å². The normalized spacial score (nSPS) is 15.2. The van der Waals surface area contributed by atoms with Crippen molar-refractivity contribution in [3.63, 3.8) is 0 Å². The van der Waals surface area contributed by atoms with E-state index in [0.717, 1.165) is 31.0 Å². The van der Waals surface area contributed by atoms with E-state index in [1.807, 2.05) is 6.92 Å². The van der Waals surface area contributed by atoms with Gasteiger partial charge in [-0.3, -0.25) is 19.8 Å². The first-order chi connectivity index (χ1) is 13.8. The summed E-state index contributed by atoms with van der Waals surface area (Å²) in [7, 11) is 0. The number of hydrogen-bond acceptors (Lipinski definition) is 6. The first-order valence-electron chi connectivity index (χ1n) is 9.54. The molecule has 152 valence electrons. The quantitative estimate of drug-likeness (QED) is 0.484. The predicted octanol–water partition coefficient (Wildman–Crippen LogP) is 3.19. The Kier molecular flexibility index (Phi) is 5.10. The number of rotatable bonds is 4. The lowest BCUT2D eigenvalue weighted by Gasteiger charge is -2.34. The molecule has 0 saturated carbocycles. The molecule has 1 fully saturated rings. The van der Waals surface area contributed by atoms with Gasteiger partial charge in [-0.2, -0.15) is 0 Å². The Morgan fingerprint density at radius 3 is 2.59 bits per heavy atom. The van der Waals surface area contributed by atoms with Crippen molar-refractivity contribution >= 4 is 28.6 Å². The van der Waals surface area contributed by atoms with E-state index in [4.69, 9.17) is 0 Å². The molecule has 1 aliphatic rings. The smallest absolute Gasteiger partial charge is 0.283 e. The lowest BCUT2D eigenvalue weighted by atomic mass is 10.2. The number of fused-ring (bicyclic) bond motifs is 1. The first-order valence-corrected chi connectivity index (χ1v) is 10.4. The second kappa shape index (κ2) is 7.57. The Balaban J connectivity index is 1.42. The number of nitro groups is 1. The van der Waals surface area contributed by atoms with Gasteiger partial charge in [-0.1, -0.05) is 0 Å². The molecule has 0 unspecified atom stereocenters. The summed E-state index contributed by atoms with van der Waals surface area (Å²) < 4.78 is 2.13. The number of amides is 1. The van der Waals surface area contributed by atoms with E-state index < -0.39 is 4.92 Å². The van der Waals surface area contributed by atoms with Crippen LogP contribution in [0.5, 0.6) is 0 Å².